The van der Waals surface area contributed by atoms with Crippen LogP contribution >= 0.6 is 38.6 Å². The number of ketones is 1. The van der Waals surface area contributed by atoms with E-state index in [1.807, 2.05) is 13.0 Å². The van der Waals surface area contributed by atoms with Crippen molar-refractivity contribution in [1.82, 2.24) is 20.9 Å². The molecule has 4 bridgehead atoms. The minimum Gasteiger partial charge on any atom is -0.497 e. The predicted molar refractivity (Wildman–Crippen MR) is 349 cm³/mol. The molecule has 4 aliphatic rings. The van der Waals surface area contributed by atoms with Crippen molar-refractivity contribution < 1.29 is 76.7 Å². The number of Topliss-reactive ketones (excluding diaryl/α,β-unsaturated/α-hetero) is 1. The molecule has 2 aromatic carbocycles. The van der Waals surface area contributed by atoms with E-state index >= 15 is 0 Å². The smallest absolute Gasteiger partial charge is 0.328 e. The molecular formula is C64H94ClN7O16S2. The van der Waals surface area contributed by atoms with Gasteiger partial charge in [-0.2, -0.15) is 27.0 Å². The van der Waals surface area contributed by atoms with Crippen LogP contribution in [0.4, 0.5) is 16.2 Å². The Morgan fingerprint density at radius 3 is 2.24 bits per heavy atom. The summed E-state index contributed by atoms with van der Waals surface area (Å²) in [7, 11) is 7.15. The first-order valence-corrected chi connectivity index (χ1v) is 30.7. The van der Waals surface area contributed by atoms with Gasteiger partial charge in [0.2, 0.25) is 23.6 Å². The number of epoxide rings is 1. The molecule has 0 spiro atoms. The number of amides is 7. The fraction of sp³-hybridized carbons (Fsp3) is 0.609. The summed E-state index contributed by atoms with van der Waals surface area (Å²) in [6.45, 7) is 10.3. The van der Waals surface area contributed by atoms with Crippen LogP contribution in [0.2, 0.25) is 5.02 Å². The van der Waals surface area contributed by atoms with Crippen molar-refractivity contribution in [1.29, 1.82) is 0 Å². The molecule has 2 saturated heterocycles. The fourth-order valence-electron chi connectivity index (χ4n) is 11.5. The van der Waals surface area contributed by atoms with E-state index in [0.29, 0.717) is 36.5 Å². The second-order valence-electron chi connectivity index (χ2n) is 24.3. The van der Waals surface area contributed by atoms with E-state index in [0.717, 1.165) is 54.6 Å². The van der Waals surface area contributed by atoms with E-state index in [9.17, 15) is 48.3 Å². The molecule has 3 aliphatic heterocycles. The van der Waals surface area contributed by atoms with Crippen molar-refractivity contribution in [3.63, 3.8) is 0 Å². The van der Waals surface area contributed by atoms with Crippen molar-refractivity contribution in [2.45, 2.75) is 192 Å². The highest BCUT2D eigenvalue weighted by atomic mass is 35.5. The number of rotatable bonds is 25. The molecule has 0 unspecified atom stereocenters. The van der Waals surface area contributed by atoms with Gasteiger partial charge in [-0.15, -0.1) is 0 Å². The van der Waals surface area contributed by atoms with Crippen LogP contribution in [0.1, 0.15) is 147 Å². The van der Waals surface area contributed by atoms with E-state index < -0.39 is 114 Å². The molecule has 0 aromatic heterocycles. The Hall–Kier alpha value is -6.38. The average Bonchev–Trinajstić information content (AvgIpc) is 1.61. The SMILES string of the molecule is COc1ccc(C(=O)N(C)[C@@H](C)C(=O)O[C@H]2CC(=O)N(C)c3cc(cc(OC)c3Cl)C/C(C)=C/C=C/[C@@H](OC)[C@]3(O)CC(=O)O[C@@H](C3)[C@@H](C)[C@@H]3O[C@@]23C)c(NC(=O)[C@H](CCCNC(N)=O)NC(=O)[C@@H](NC(=O)CCCCCCC(=O)C2CCC2)C(C)C)c1.S.S. The normalized spacial score (nSPS) is 24.4. The van der Waals surface area contributed by atoms with Gasteiger partial charge in [0.15, 0.2) is 0 Å². The minimum atomic E-state index is -1.68. The summed E-state index contributed by atoms with van der Waals surface area (Å²) in [6, 6.07) is 3.29. The molecule has 1 aliphatic carbocycles. The Bertz CT molecular complexity index is 2960. The first-order valence-electron chi connectivity index (χ1n) is 30.4. The van der Waals surface area contributed by atoms with Crippen LogP contribution in [0.15, 0.2) is 54.1 Å². The molecule has 1 saturated carbocycles. The van der Waals surface area contributed by atoms with Crippen molar-refractivity contribution in [3.05, 3.63) is 70.3 Å². The summed E-state index contributed by atoms with van der Waals surface area (Å²) in [5.74, 6) is -4.67. The molecule has 6 rings (SSSR count). The number of nitrogens with two attached hydrogens (primary N) is 1. The van der Waals surface area contributed by atoms with Gasteiger partial charge in [-0.05, 0) is 101 Å². The lowest BCUT2D eigenvalue weighted by atomic mass is 9.78. The standard InChI is InChI=1S/C64H90ClN7O16.2H2S/c1-36(2)56(70-52(74)25-15-13-12-14-23-47(73)41-20-17-21-41)59(78)68-44(22-18-28-67-62(66)81)58(77)69-45-32-42(83-9)26-27-43(45)60(79)71(7)39(5)61(80)87-51-33-53(75)72(8)46-30-40(31-48(84-10)55(46)65)29-37(3)19-16-24-50(85-11)64(82)34-49(86-54(76)35-64)38(4)57-63(51,6)88-57;;/h16,19,24,26-27,30-32,36,38-39,41,44,49-51,56-57,82H,12-15,17-18,20-23,25,28-29,33-35H2,1-11H3,(H,68,78)(H,69,77)(H,70,74)(H3,66,67,81);2*1H2/b24-16+,37-19+;;/t38-,39+,44+,49+,50-,51+,56+,57+,63+,64-;;/m1../s1. The van der Waals surface area contributed by atoms with Crippen LogP contribution in [0.25, 0.3) is 0 Å². The number of hydrogen-bond donors (Lipinski definition) is 6. The number of nitrogens with one attached hydrogen (secondary N) is 4. The van der Waals surface area contributed by atoms with Gasteiger partial charge in [0.25, 0.3) is 5.91 Å². The molecule has 3 fully saturated rings. The summed E-state index contributed by atoms with van der Waals surface area (Å²) in [5, 5.41) is 23.0. The Morgan fingerprint density at radius 2 is 1.62 bits per heavy atom. The number of ether oxygens (including phenoxy) is 6. The molecule has 90 heavy (non-hydrogen) atoms. The van der Waals surface area contributed by atoms with E-state index in [1.165, 1.54) is 65.4 Å². The molecule has 10 atom stereocenters. The Kier molecular flexibility index (Phi) is 29.0. The third-order valence-corrected chi connectivity index (χ3v) is 17.8. The van der Waals surface area contributed by atoms with Crippen molar-refractivity contribution in [2.24, 2.45) is 23.5 Å². The Balaban J connectivity index is 0.00000865. The molecule has 0 radical (unpaired) electrons. The number of anilines is 2. The van der Waals surface area contributed by atoms with Crippen molar-refractivity contribution in [3.8, 4) is 11.5 Å². The zero-order valence-electron chi connectivity index (χ0n) is 53.6. The first kappa shape index (κ1) is 76.1. The van der Waals surface area contributed by atoms with Gasteiger partial charge < -0.3 is 70.3 Å². The maximum absolute atomic E-state index is 14.7. The number of methoxy groups -OCH3 is 3. The summed E-state index contributed by atoms with van der Waals surface area (Å²) in [5.41, 5.74) is 4.01. The van der Waals surface area contributed by atoms with Crippen LogP contribution in [0, 0.1) is 17.8 Å². The summed E-state index contributed by atoms with van der Waals surface area (Å²) < 4.78 is 35.4. The number of urea groups is 1. The van der Waals surface area contributed by atoms with Crippen LogP contribution in [-0.4, -0.2) is 159 Å². The molecule has 500 valence electrons. The summed E-state index contributed by atoms with van der Waals surface area (Å²) in [6.07, 6.45) is 7.61. The number of halogens is 1. The second kappa shape index (κ2) is 34.3. The predicted octanol–water partition coefficient (Wildman–Crippen LogP) is 7.03. The number of esters is 2. The van der Waals surface area contributed by atoms with Crippen LogP contribution in [0.5, 0.6) is 11.5 Å². The van der Waals surface area contributed by atoms with E-state index in [4.69, 9.17) is 45.8 Å². The topological polar surface area (TPSA) is 313 Å². The number of aliphatic hydroxyl groups is 1. The van der Waals surface area contributed by atoms with Gasteiger partial charge in [-0.1, -0.05) is 75.4 Å². The molecule has 23 nitrogen and oxygen atoms in total. The lowest BCUT2D eigenvalue weighted by Crippen LogP contribution is -2.54. The van der Waals surface area contributed by atoms with Gasteiger partial charge in [0, 0.05) is 64.9 Å². The van der Waals surface area contributed by atoms with Crippen molar-refractivity contribution in [2.75, 3.05) is 52.2 Å². The van der Waals surface area contributed by atoms with Gasteiger partial charge in [0.1, 0.15) is 69.9 Å². The zero-order chi connectivity index (χ0) is 64.8. The Labute approximate surface area is 547 Å². The number of carbonyl (C=O) groups excluding carboxylic acids is 9. The quantitative estimate of drug-likeness (QED) is 0.0330. The Morgan fingerprint density at radius 1 is 0.933 bits per heavy atom. The number of likely N-dealkylation sites (N-methyl/N-ethyl adjacent to an activating group) is 1. The van der Waals surface area contributed by atoms with Crippen LogP contribution < -0.4 is 41.4 Å². The molecule has 26 heteroatoms. The van der Waals surface area contributed by atoms with Crippen LogP contribution in [0.3, 0.4) is 0 Å². The van der Waals surface area contributed by atoms with Gasteiger partial charge >= 0.3 is 18.0 Å². The molecule has 2 aromatic rings. The van der Waals surface area contributed by atoms with Crippen LogP contribution in [-0.2, 0) is 58.9 Å². The summed E-state index contributed by atoms with van der Waals surface area (Å²) >= 11 is 6.88. The molecule has 7 amide bonds. The number of allylic oxidation sites excluding steroid dienone is 3. The average molecular weight is 1320 g/mol. The number of nitrogens with zero attached hydrogens (tertiary/aromatic N) is 2. The lowest BCUT2D eigenvalue weighted by Gasteiger charge is -2.41. The first-order chi connectivity index (χ1) is 41.6. The highest BCUT2D eigenvalue weighted by Crippen LogP contribution is 2.50. The number of hydrogen-bond acceptors (Lipinski definition) is 16. The third kappa shape index (κ3) is 19.8. The van der Waals surface area contributed by atoms with Gasteiger partial charge in [0.05, 0.1) is 50.1 Å². The van der Waals surface area contributed by atoms with Gasteiger partial charge in [-0.25, -0.2) is 9.59 Å². The number of primary amides is 1. The number of fused-ring (bicyclic) bond motifs is 5. The number of carbonyl (C=O) groups is 9. The maximum Gasteiger partial charge on any atom is 0.328 e. The molecular weight excluding hydrogens is 1220 g/mol. The molecule has 3 heterocycles. The minimum absolute atomic E-state index is 0. The van der Waals surface area contributed by atoms with E-state index in [-0.39, 0.29) is 99.5 Å². The zero-order valence-corrected chi connectivity index (χ0v) is 56.4. The third-order valence-electron chi connectivity index (χ3n) is 17.4. The summed E-state index contributed by atoms with van der Waals surface area (Å²) in [4.78, 5) is 125. The second-order valence-corrected chi connectivity index (χ2v) is 24.7. The lowest BCUT2D eigenvalue weighted by molar-refractivity contribution is -0.187. The monoisotopic (exact) mass is 1320 g/mol. The van der Waals surface area contributed by atoms with E-state index in [2.05, 4.69) is 21.3 Å². The highest BCUT2D eigenvalue weighted by molar-refractivity contribution is 7.59. The molecule has 7 N–H and O–H groups in total. The maximum atomic E-state index is 14.7. The van der Waals surface area contributed by atoms with Gasteiger partial charge in [-0.3, -0.25) is 33.6 Å². The van der Waals surface area contributed by atoms with Crippen molar-refractivity contribution >= 4 is 103 Å². The number of unbranched alkanes of at least 4 members (excludes halogenated alkanes) is 3. The fourth-order valence-corrected chi connectivity index (χ4v) is 11.8. The van der Waals surface area contributed by atoms with E-state index in [1.54, 1.807) is 52.0 Å². The number of benzene rings is 2. The largest absolute Gasteiger partial charge is 0.497 e. The highest BCUT2D eigenvalue weighted by Gasteiger charge is 2.64.